The van der Waals surface area contributed by atoms with E-state index < -0.39 is 29.7 Å². The molecule has 1 saturated heterocycles. The van der Waals surface area contributed by atoms with E-state index in [1.807, 2.05) is 10.6 Å². The molecular weight excluding hydrogens is 592 g/mol. The minimum atomic E-state index is -1.02. The van der Waals surface area contributed by atoms with Crippen molar-refractivity contribution in [2.24, 2.45) is 0 Å². The molecule has 2 fully saturated rings. The Morgan fingerprint density at radius 1 is 1.07 bits per heavy atom. The monoisotopic (exact) mass is 630 g/mol. The number of aromatic nitrogens is 3. The molecule has 3 aromatic rings. The summed E-state index contributed by atoms with van der Waals surface area (Å²) in [6, 6.07) is 8.12. The van der Waals surface area contributed by atoms with Crippen LogP contribution in [0.15, 0.2) is 36.5 Å². The molecule has 4 heterocycles. The number of nitrogens with zero attached hydrogens (tertiary/aromatic N) is 4. The first kappa shape index (κ1) is 31.1. The summed E-state index contributed by atoms with van der Waals surface area (Å²) in [5.74, 6) is -1.35. The zero-order chi connectivity index (χ0) is 32.2. The van der Waals surface area contributed by atoms with Crippen molar-refractivity contribution < 1.29 is 28.7 Å². The van der Waals surface area contributed by atoms with Crippen LogP contribution in [0.25, 0.3) is 5.65 Å². The van der Waals surface area contributed by atoms with Crippen LogP contribution >= 0.6 is 0 Å². The van der Waals surface area contributed by atoms with Crippen LogP contribution in [0.3, 0.4) is 0 Å². The molecule has 2 aliphatic heterocycles. The van der Waals surface area contributed by atoms with Gasteiger partial charge in [-0.3, -0.25) is 34.2 Å². The number of fused-ring (bicyclic) bond motifs is 2. The number of piperidine rings is 1. The molecule has 1 aromatic carbocycles. The van der Waals surface area contributed by atoms with Crippen molar-refractivity contribution in [3.05, 3.63) is 53.3 Å². The highest BCUT2D eigenvalue weighted by atomic mass is 16.5. The third-order valence-corrected chi connectivity index (χ3v) is 8.57. The van der Waals surface area contributed by atoms with Gasteiger partial charge in [0.15, 0.2) is 5.65 Å². The lowest BCUT2D eigenvalue weighted by atomic mass is 10.0. The lowest BCUT2D eigenvalue weighted by molar-refractivity contribution is -0.136. The Morgan fingerprint density at radius 2 is 1.91 bits per heavy atom. The van der Waals surface area contributed by atoms with Crippen molar-refractivity contribution in [3.63, 3.8) is 0 Å². The van der Waals surface area contributed by atoms with Crippen LogP contribution in [-0.4, -0.2) is 86.9 Å². The van der Waals surface area contributed by atoms with Gasteiger partial charge in [-0.2, -0.15) is 9.61 Å². The Balaban J connectivity index is 0.920. The van der Waals surface area contributed by atoms with E-state index in [-0.39, 0.29) is 61.6 Å². The first-order chi connectivity index (χ1) is 22.3. The van der Waals surface area contributed by atoms with Gasteiger partial charge in [0.25, 0.3) is 11.8 Å². The minimum Gasteiger partial charge on any atom is -0.382 e. The SMILES string of the molecule is CCCc1cc(N[C@@H]2CCC(NC(=O)CCOCCNc3cccc4c3C(=O)N(C3CCC(=O)NC3=O)C4=O)C2)n2nccc2n1. The molecule has 242 valence electrons. The van der Waals surface area contributed by atoms with Crippen LogP contribution < -0.4 is 21.3 Å². The second-order valence-electron chi connectivity index (χ2n) is 11.9. The first-order valence-electron chi connectivity index (χ1n) is 15.9. The highest BCUT2D eigenvalue weighted by Gasteiger charge is 2.45. The smallest absolute Gasteiger partial charge is 0.264 e. The van der Waals surface area contributed by atoms with Crippen molar-refractivity contribution in [1.29, 1.82) is 0 Å². The Labute approximate surface area is 265 Å². The van der Waals surface area contributed by atoms with Gasteiger partial charge in [0, 0.05) is 55.0 Å². The summed E-state index contributed by atoms with van der Waals surface area (Å²) in [4.78, 5) is 68.3. The number of hydrogen-bond donors (Lipinski definition) is 4. The maximum absolute atomic E-state index is 13.2. The number of imide groups is 2. The third-order valence-electron chi connectivity index (χ3n) is 8.57. The lowest BCUT2D eigenvalue weighted by Crippen LogP contribution is -2.54. The summed E-state index contributed by atoms with van der Waals surface area (Å²) in [7, 11) is 0. The molecule has 2 aromatic heterocycles. The van der Waals surface area contributed by atoms with E-state index >= 15 is 0 Å². The van der Waals surface area contributed by atoms with Crippen LogP contribution in [-0.2, 0) is 25.5 Å². The van der Waals surface area contributed by atoms with E-state index in [1.165, 1.54) is 0 Å². The van der Waals surface area contributed by atoms with Crippen molar-refractivity contribution >= 4 is 46.7 Å². The molecule has 4 N–H and O–H groups in total. The van der Waals surface area contributed by atoms with Gasteiger partial charge in [-0.25, -0.2) is 4.98 Å². The van der Waals surface area contributed by atoms with E-state index in [4.69, 9.17) is 4.74 Å². The molecule has 6 rings (SSSR count). The minimum absolute atomic E-state index is 0.0601. The molecule has 1 aliphatic carbocycles. The number of ether oxygens (including phenoxy) is 1. The maximum atomic E-state index is 13.2. The number of amides is 5. The molecule has 3 atom stereocenters. The Morgan fingerprint density at radius 3 is 2.74 bits per heavy atom. The molecule has 3 aliphatic rings. The summed E-state index contributed by atoms with van der Waals surface area (Å²) in [6.45, 7) is 2.99. The molecule has 14 heteroatoms. The van der Waals surface area contributed by atoms with E-state index in [9.17, 15) is 24.0 Å². The van der Waals surface area contributed by atoms with Gasteiger partial charge in [0.05, 0.1) is 30.5 Å². The largest absolute Gasteiger partial charge is 0.382 e. The van der Waals surface area contributed by atoms with Crippen LogP contribution in [0.2, 0.25) is 0 Å². The van der Waals surface area contributed by atoms with Crippen LogP contribution in [0, 0.1) is 0 Å². The number of anilines is 2. The Bertz CT molecular complexity index is 1670. The fourth-order valence-electron chi connectivity index (χ4n) is 6.39. The molecule has 5 amide bonds. The molecular formula is C32H38N8O6. The van der Waals surface area contributed by atoms with Crippen LogP contribution in [0.5, 0.6) is 0 Å². The highest BCUT2D eigenvalue weighted by Crippen LogP contribution is 2.32. The van der Waals surface area contributed by atoms with E-state index in [2.05, 4.69) is 44.3 Å². The maximum Gasteiger partial charge on any atom is 0.264 e. The average Bonchev–Trinajstić information content (AvgIpc) is 3.74. The van der Waals surface area contributed by atoms with E-state index in [0.717, 1.165) is 54.2 Å². The van der Waals surface area contributed by atoms with E-state index in [0.29, 0.717) is 12.2 Å². The number of benzene rings is 1. The summed E-state index contributed by atoms with van der Waals surface area (Å²) >= 11 is 0. The molecule has 0 spiro atoms. The molecule has 14 nitrogen and oxygen atoms in total. The molecule has 1 saturated carbocycles. The lowest BCUT2D eigenvalue weighted by Gasteiger charge is -2.27. The van der Waals surface area contributed by atoms with Gasteiger partial charge in [0.2, 0.25) is 17.7 Å². The summed E-state index contributed by atoms with van der Waals surface area (Å²) in [5.41, 5.74) is 2.71. The van der Waals surface area contributed by atoms with Crippen molar-refractivity contribution in [1.82, 2.24) is 30.1 Å². The molecule has 46 heavy (non-hydrogen) atoms. The third kappa shape index (κ3) is 6.57. The van der Waals surface area contributed by atoms with Crippen molar-refractivity contribution in [2.45, 2.75) is 76.4 Å². The second-order valence-corrected chi connectivity index (χ2v) is 11.9. The average molecular weight is 631 g/mol. The van der Waals surface area contributed by atoms with Crippen LogP contribution in [0.4, 0.5) is 11.5 Å². The van der Waals surface area contributed by atoms with Gasteiger partial charge in [-0.15, -0.1) is 0 Å². The fourth-order valence-corrected chi connectivity index (χ4v) is 6.39. The predicted octanol–water partition coefficient (Wildman–Crippen LogP) is 2.05. The number of carbonyl (C=O) groups excluding carboxylic acids is 5. The Hall–Kier alpha value is -4.85. The van der Waals surface area contributed by atoms with Crippen LogP contribution in [0.1, 0.15) is 78.3 Å². The molecule has 0 bridgehead atoms. The summed E-state index contributed by atoms with van der Waals surface area (Å²) < 4.78 is 7.48. The standard InChI is InChI=1S/C32H38N8O6/c1-2-4-19-18-26(40-25(35-19)11-13-34-40)36-20-7-8-21(17-20)37-28(42)12-15-46-16-14-33-23-6-3-5-22-29(23)32(45)39(31(22)44)24-9-10-27(41)38-30(24)43/h3,5-6,11,13,18,20-21,24,33,36H,2,4,7-10,12,14-17H2,1H3,(H,37,42)(H,38,41,43)/t20-,21?,24?/m1/s1. The summed E-state index contributed by atoms with van der Waals surface area (Å²) in [5, 5.41) is 16.4. The molecule has 2 unspecified atom stereocenters. The number of aryl methyl sites for hydroxylation is 1. The van der Waals surface area contributed by atoms with Gasteiger partial charge in [-0.1, -0.05) is 19.4 Å². The first-order valence-corrected chi connectivity index (χ1v) is 15.9. The van der Waals surface area contributed by atoms with Gasteiger partial charge in [-0.05, 0) is 44.2 Å². The fraction of sp³-hybridized carbons (Fsp3) is 0.469. The number of nitrogens with one attached hydrogen (secondary N) is 4. The topological polar surface area (TPSA) is 176 Å². The number of rotatable bonds is 13. The highest BCUT2D eigenvalue weighted by molar-refractivity contribution is 6.25. The zero-order valence-electron chi connectivity index (χ0n) is 25.7. The molecule has 0 radical (unpaired) electrons. The van der Waals surface area contributed by atoms with Gasteiger partial charge in [0.1, 0.15) is 11.9 Å². The normalized spacial score (nSPS) is 21.1. The zero-order valence-corrected chi connectivity index (χ0v) is 25.7. The quantitative estimate of drug-likeness (QED) is 0.162. The summed E-state index contributed by atoms with van der Waals surface area (Å²) in [6.07, 6.45) is 6.67. The Kier molecular flexibility index (Phi) is 9.24. The van der Waals surface area contributed by atoms with E-state index in [1.54, 1.807) is 24.4 Å². The number of carbonyl (C=O) groups is 5. The second kappa shape index (κ2) is 13.6. The number of hydrogen-bond acceptors (Lipinski definition) is 10. The van der Waals surface area contributed by atoms with Crippen molar-refractivity contribution in [2.75, 3.05) is 30.4 Å². The van der Waals surface area contributed by atoms with Gasteiger partial charge >= 0.3 is 0 Å². The van der Waals surface area contributed by atoms with Crippen molar-refractivity contribution in [3.8, 4) is 0 Å². The van der Waals surface area contributed by atoms with Gasteiger partial charge < -0.3 is 20.7 Å². The predicted molar refractivity (Wildman–Crippen MR) is 167 cm³/mol.